The van der Waals surface area contributed by atoms with E-state index in [1.807, 2.05) is 17.8 Å². The van der Waals surface area contributed by atoms with Crippen LogP contribution in [0.5, 0.6) is 5.75 Å². The Bertz CT molecular complexity index is 1520. The van der Waals surface area contributed by atoms with Crippen molar-refractivity contribution >= 4 is 39.9 Å². The number of aromatic nitrogens is 5. The smallest absolute Gasteiger partial charge is 0.259 e. The molecular formula is C25H22ClN7O3S. The molecule has 1 fully saturated rings. The van der Waals surface area contributed by atoms with Crippen LogP contribution in [0.1, 0.15) is 55.9 Å². The third kappa shape index (κ3) is 4.56. The Hall–Kier alpha value is -3.83. The van der Waals surface area contributed by atoms with Crippen molar-refractivity contribution in [1.29, 1.82) is 0 Å². The number of pyridine rings is 2. The Labute approximate surface area is 221 Å². The average molecular weight is 536 g/mol. The van der Waals surface area contributed by atoms with Crippen LogP contribution in [0.25, 0.3) is 11.1 Å². The van der Waals surface area contributed by atoms with E-state index in [0.29, 0.717) is 52.3 Å². The van der Waals surface area contributed by atoms with Crippen molar-refractivity contribution < 1.29 is 14.3 Å². The lowest BCUT2D eigenvalue weighted by atomic mass is 10.0. The van der Waals surface area contributed by atoms with Gasteiger partial charge in [-0.3, -0.25) is 24.6 Å². The summed E-state index contributed by atoms with van der Waals surface area (Å²) in [4.78, 5) is 41.9. The Balaban J connectivity index is 1.19. The Morgan fingerprint density at radius 3 is 2.73 bits per heavy atom. The summed E-state index contributed by atoms with van der Waals surface area (Å²) < 4.78 is 7.31. The lowest BCUT2D eigenvalue weighted by Gasteiger charge is -2.14. The summed E-state index contributed by atoms with van der Waals surface area (Å²) in [5, 5.41) is 7.96. The number of anilines is 1. The first-order chi connectivity index (χ1) is 17.9. The van der Waals surface area contributed by atoms with Crippen molar-refractivity contribution in [1.82, 2.24) is 29.6 Å². The number of carbonyl (C=O) groups is 2. The van der Waals surface area contributed by atoms with E-state index in [0.717, 1.165) is 29.1 Å². The number of carbonyl (C=O) groups excluding carboxylic acids is 2. The number of halogens is 1. The summed E-state index contributed by atoms with van der Waals surface area (Å²) in [5.74, 6) is 0.0676. The number of fused-ring (bicyclic) bond motifs is 1. The fraction of sp³-hybridized carbons (Fsp3) is 0.280. The number of nitrogens with one attached hydrogen (secondary N) is 1. The van der Waals surface area contributed by atoms with Crippen molar-refractivity contribution in [2.75, 3.05) is 12.4 Å². The van der Waals surface area contributed by atoms with Crippen LogP contribution in [0.15, 0.2) is 36.9 Å². The van der Waals surface area contributed by atoms with E-state index >= 15 is 0 Å². The van der Waals surface area contributed by atoms with Crippen molar-refractivity contribution in [3.63, 3.8) is 0 Å². The molecule has 4 aromatic rings. The van der Waals surface area contributed by atoms with Crippen molar-refractivity contribution in [2.24, 2.45) is 0 Å². The van der Waals surface area contributed by atoms with Gasteiger partial charge in [0.1, 0.15) is 10.9 Å². The molecular weight excluding hydrogens is 514 g/mol. The summed E-state index contributed by atoms with van der Waals surface area (Å²) in [7, 11) is 1.53. The van der Waals surface area contributed by atoms with E-state index in [1.165, 1.54) is 30.8 Å². The first-order valence-electron chi connectivity index (χ1n) is 11.7. The topological polar surface area (TPSA) is 115 Å². The molecule has 0 bridgehead atoms. The number of hydrogen-bond donors (Lipinski definition) is 1. The summed E-state index contributed by atoms with van der Waals surface area (Å²) in [5.41, 5.74) is 3.72. The summed E-state index contributed by atoms with van der Waals surface area (Å²) in [6.45, 7) is 2.68. The van der Waals surface area contributed by atoms with Crippen LogP contribution in [0, 0.1) is 6.92 Å². The second kappa shape index (κ2) is 9.24. The van der Waals surface area contributed by atoms with Gasteiger partial charge in [-0.05, 0) is 31.9 Å². The zero-order chi connectivity index (χ0) is 25.7. The second-order valence-corrected chi connectivity index (χ2v) is 10.5. The third-order valence-corrected chi connectivity index (χ3v) is 7.56. The van der Waals surface area contributed by atoms with Gasteiger partial charge in [0.2, 0.25) is 0 Å². The summed E-state index contributed by atoms with van der Waals surface area (Å²) in [6.07, 6.45) is 8.72. The van der Waals surface area contributed by atoms with Gasteiger partial charge in [-0.15, -0.1) is 0 Å². The molecule has 1 aliphatic heterocycles. The van der Waals surface area contributed by atoms with Gasteiger partial charge in [0, 0.05) is 29.2 Å². The highest BCUT2D eigenvalue weighted by Gasteiger charge is 2.31. The number of hydrogen-bond acceptors (Lipinski definition) is 8. The normalized spacial score (nSPS) is 14.5. The van der Waals surface area contributed by atoms with Gasteiger partial charge >= 0.3 is 0 Å². The first kappa shape index (κ1) is 23.6. The SMILES string of the molecule is COc1cnc(Cl)cc1-c1cc(C)ncc1C(=O)Nc1nc2c(s1)CN(C(=O)c1cnn(C3CC3)c1)C2. The molecule has 10 nitrogen and oxygen atoms in total. The lowest BCUT2D eigenvalue weighted by molar-refractivity contribution is 0.0750. The van der Waals surface area contributed by atoms with Crippen LogP contribution in [0.2, 0.25) is 5.15 Å². The highest BCUT2D eigenvalue weighted by molar-refractivity contribution is 7.16. The van der Waals surface area contributed by atoms with Crippen LogP contribution >= 0.6 is 22.9 Å². The monoisotopic (exact) mass is 535 g/mol. The molecule has 4 aromatic heterocycles. The van der Waals surface area contributed by atoms with Crippen molar-refractivity contribution in [3.8, 4) is 16.9 Å². The molecule has 0 atom stereocenters. The van der Waals surface area contributed by atoms with E-state index in [-0.39, 0.29) is 17.0 Å². The van der Waals surface area contributed by atoms with E-state index in [9.17, 15) is 9.59 Å². The predicted octanol–water partition coefficient (Wildman–Crippen LogP) is 4.51. The lowest BCUT2D eigenvalue weighted by Crippen LogP contribution is -2.25. The second-order valence-electron chi connectivity index (χ2n) is 9.02. The van der Waals surface area contributed by atoms with E-state index in [2.05, 4.69) is 25.4 Å². The molecule has 2 aliphatic rings. The minimum atomic E-state index is -0.356. The minimum absolute atomic E-state index is 0.0667. The molecule has 188 valence electrons. The number of aryl methyl sites for hydroxylation is 1. The minimum Gasteiger partial charge on any atom is -0.494 e. The molecule has 12 heteroatoms. The van der Waals surface area contributed by atoms with Gasteiger partial charge in [0.25, 0.3) is 11.8 Å². The zero-order valence-corrected chi connectivity index (χ0v) is 21.6. The number of methoxy groups -OCH3 is 1. The van der Waals surface area contributed by atoms with Gasteiger partial charge in [-0.25, -0.2) is 9.97 Å². The molecule has 1 aliphatic carbocycles. The van der Waals surface area contributed by atoms with Gasteiger partial charge in [0.05, 0.1) is 60.3 Å². The van der Waals surface area contributed by atoms with Crippen LogP contribution in [0.4, 0.5) is 5.13 Å². The Morgan fingerprint density at radius 1 is 1.14 bits per heavy atom. The van der Waals surface area contributed by atoms with E-state index < -0.39 is 0 Å². The molecule has 6 rings (SSSR count). The molecule has 0 saturated heterocycles. The maximum Gasteiger partial charge on any atom is 0.259 e. The fourth-order valence-electron chi connectivity index (χ4n) is 4.33. The van der Waals surface area contributed by atoms with Gasteiger partial charge in [-0.2, -0.15) is 5.10 Å². The summed E-state index contributed by atoms with van der Waals surface area (Å²) >= 11 is 7.50. The highest BCUT2D eigenvalue weighted by atomic mass is 35.5. The van der Waals surface area contributed by atoms with Crippen LogP contribution in [-0.2, 0) is 13.1 Å². The number of thiazole rings is 1. The molecule has 0 aromatic carbocycles. The molecule has 2 amide bonds. The first-order valence-corrected chi connectivity index (χ1v) is 12.9. The van der Waals surface area contributed by atoms with Crippen molar-refractivity contribution in [2.45, 2.75) is 38.9 Å². The molecule has 0 unspecified atom stereocenters. The fourth-order valence-corrected chi connectivity index (χ4v) is 5.47. The number of rotatable bonds is 6. The van der Waals surface area contributed by atoms with E-state index in [1.54, 1.807) is 23.2 Å². The van der Waals surface area contributed by atoms with Crippen molar-refractivity contribution in [3.05, 3.63) is 69.5 Å². The van der Waals surface area contributed by atoms with Gasteiger partial charge in [-0.1, -0.05) is 22.9 Å². The molecule has 0 radical (unpaired) electrons. The van der Waals surface area contributed by atoms with E-state index in [4.69, 9.17) is 16.3 Å². The van der Waals surface area contributed by atoms with Crippen LogP contribution < -0.4 is 10.1 Å². The maximum atomic E-state index is 13.3. The number of amides is 2. The molecule has 1 saturated carbocycles. The standard InChI is InChI=1S/C25H22ClN7O3S/c1-13-5-16(17-6-22(26)28-9-20(17)36-2)18(8-27-13)23(34)31-25-30-19-11-32(12-21(19)37-25)24(35)14-7-29-33(10-14)15-3-4-15/h5-10,15H,3-4,11-12H2,1-2H3,(H,30,31,34). The summed E-state index contributed by atoms with van der Waals surface area (Å²) in [6, 6.07) is 3.89. The molecule has 0 spiro atoms. The Morgan fingerprint density at radius 2 is 1.97 bits per heavy atom. The zero-order valence-electron chi connectivity index (χ0n) is 20.1. The van der Waals surface area contributed by atoms with Crippen LogP contribution in [-0.4, -0.2) is 48.6 Å². The molecule has 1 N–H and O–H groups in total. The highest BCUT2D eigenvalue weighted by Crippen LogP contribution is 2.36. The molecule has 5 heterocycles. The molecule has 37 heavy (non-hydrogen) atoms. The maximum absolute atomic E-state index is 13.3. The van der Waals surface area contributed by atoms with Gasteiger partial charge in [0.15, 0.2) is 5.13 Å². The largest absolute Gasteiger partial charge is 0.494 e. The number of nitrogens with zero attached hydrogens (tertiary/aromatic N) is 6. The Kier molecular flexibility index (Phi) is 5.88. The van der Waals surface area contributed by atoms with Crippen LogP contribution in [0.3, 0.4) is 0 Å². The predicted molar refractivity (Wildman–Crippen MR) is 138 cm³/mol. The quantitative estimate of drug-likeness (QED) is 0.361. The third-order valence-electron chi connectivity index (χ3n) is 6.36. The average Bonchev–Trinajstić information content (AvgIpc) is 3.29. The number of ether oxygens (including phenoxy) is 1. The van der Waals surface area contributed by atoms with Gasteiger partial charge < -0.3 is 9.64 Å².